The zero-order chi connectivity index (χ0) is 48.1. The van der Waals surface area contributed by atoms with E-state index < -0.39 is 11.9 Å². The maximum absolute atomic E-state index is 12.2. The first kappa shape index (κ1) is 54.6. The van der Waals surface area contributed by atoms with Gasteiger partial charge in [0.2, 0.25) is 23.6 Å². The Morgan fingerprint density at radius 3 is 1.29 bits per heavy atom. The highest BCUT2D eigenvalue weighted by molar-refractivity contribution is 6.03. The number of nitrogens with one attached hydrogen (secondary N) is 2. The molecule has 6 heterocycles. The van der Waals surface area contributed by atoms with Gasteiger partial charge < -0.3 is 25.9 Å². The monoisotopic (exact) mass is 889 g/mol. The molecule has 6 aliphatic heterocycles. The van der Waals surface area contributed by atoms with Crippen LogP contribution in [0, 0.1) is 17.8 Å². The molecule has 0 saturated carbocycles. The molecule has 14 heteroatoms. The first-order valence-corrected chi connectivity index (χ1v) is 24.3. The third-order valence-corrected chi connectivity index (χ3v) is 17.2. The van der Waals surface area contributed by atoms with Gasteiger partial charge in [-0.15, -0.1) is 0 Å². The van der Waals surface area contributed by atoms with Crippen LogP contribution in [0.5, 0.6) is 0 Å². The Bertz CT molecular complexity index is 1620. The molecule has 12 atom stereocenters. The van der Waals surface area contributed by atoms with Crippen molar-refractivity contribution in [2.45, 2.75) is 252 Å². The number of nitrogens with zero attached hydrogens (tertiary/aromatic N) is 3. The van der Waals surface area contributed by atoms with Gasteiger partial charge in [0.05, 0.1) is 20.0 Å². The summed E-state index contributed by atoms with van der Waals surface area (Å²) in [6, 6.07) is 0.337. The summed E-state index contributed by atoms with van der Waals surface area (Å²) in [6.45, 7) is 33.1. The van der Waals surface area contributed by atoms with E-state index in [0.29, 0.717) is 37.6 Å². The molecule has 362 valence electrons. The fourth-order valence-corrected chi connectivity index (χ4v) is 11.3. The van der Waals surface area contributed by atoms with Gasteiger partial charge in [-0.3, -0.25) is 38.6 Å². The van der Waals surface area contributed by atoms with Gasteiger partial charge in [0.25, 0.3) is 0 Å². The minimum absolute atomic E-state index is 0.00884. The van der Waals surface area contributed by atoms with Crippen LogP contribution < -0.4 is 16.4 Å². The Balaban J connectivity index is 0.000000237. The predicted octanol–water partition coefficient (Wildman–Crippen LogP) is 7.35. The summed E-state index contributed by atoms with van der Waals surface area (Å²) in [5.74, 6) is 0.230. The molecule has 12 unspecified atom stereocenters. The predicted molar refractivity (Wildman–Crippen MR) is 247 cm³/mol. The molecule has 0 aromatic rings. The number of cyclic esters (lactones) is 2. The minimum atomic E-state index is -0.398. The highest BCUT2D eigenvalue weighted by Gasteiger charge is 2.57. The first-order chi connectivity index (χ1) is 29.2. The van der Waals surface area contributed by atoms with Gasteiger partial charge in [-0.2, -0.15) is 5.06 Å². The lowest BCUT2D eigenvalue weighted by Gasteiger charge is -2.60. The number of carbonyl (C=O) groups is 6. The second kappa shape index (κ2) is 21.2. The standard InChI is InChI=1S/C17H30N2O3.C16H28N2O2.C12H26N2.C4H4O3/c1-7-16(4)11-13(18-14(20)9-10-15(18)21)12(3)17(5,8-2)19(16)22-6;1-6-15(4)10-12(11(3)16(5,7-2)17-15)18-13(19)8-9-14(18)20;1-6-11(4)8-10(13)9(3)12(5,7-2)14-11;5-3-1-2-4(6)7-3/h12-13H,7-11H2,1-6H3;11-12,17H,6-10H2,1-5H3;9-10,14H,6-8,13H2,1-5H3;1-2H2. The van der Waals surface area contributed by atoms with E-state index in [9.17, 15) is 28.8 Å². The maximum atomic E-state index is 12.2. The van der Waals surface area contributed by atoms with Crippen LogP contribution in [0.1, 0.15) is 200 Å². The number of likely N-dealkylation sites (tertiary alicyclic amines) is 2. The Kier molecular flexibility index (Phi) is 18.4. The van der Waals surface area contributed by atoms with Crippen LogP contribution in [0.2, 0.25) is 0 Å². The number of piperidine rings is 3. The van der Waals surface area contributed by atoms with Crippen molar-refractivity contribution in [1.82, 2.24) is 25.5 Å². The summed E-state index contributed by atoms with van der Waals surface area (Å²) in [5, 5.41) is 9.71. The van der Waals surface area contributed by atoms with E-state index in [1.54, 1.807) is 16.9 Å². The summed E-state index contributed by atoms with van der Waals surface area (Å²) in [6.07, 6.45) is 10.9. The number of hydrogen-bond acceptors (Lipinski definition) is 12. The molecule has 0 spiro atoms. The van der Waals surface area contributed by atoms with Gasteiger partial charge in [-0.25, -0.2) is 0 Å². The number of esters is 2. The first-order valence-electron chi connectivity index (χ1n) is 24.3. The normalized spacial score (nSPS) is 40.8. The molecule has 0 radical (unpaired) electrons. The molecule has 63 heavy (non-hydrogen) atoms. The van der Waals surface area contributed by atoms with Gasteiger partial charge in [0.1, 0.15) is 0 Å². The average Bonchev–Trinajstić information content (AvgIpc) is 3.91. The Morgan fingerprint density at radius 1 is 0.556 bits per heavy atom. The van der Waals surface area contributed by atoms with Gasteiger partial charge >= 0.3 is 11.9 Å². The molecular formula is C49H88N6O8. The zero-order valence-electron chi connectivity index (χ0n) is 42.3. The zero-order valence-corrected chi connectivity index (χ0v) is 42.3. The molecule has 4 amide bonds. The molecule has 6 aliphatic rings. The lowest BCUT2D eigenvalue weighted by Crippen LogP contribution is -2.70. The second-order valence-electron chi connectivity index (χ2n) is 21.1. The summed E-state index contributed by atoms with van der Waals surface area (Å²) >= 11 is 0. The molecular weight excluding hydrogens is 801 g/mol. The summed E-state index contributed by atoms with van der Waals surface area (Å²) in [5.41, 5.74) is 6.26. The summed E-state index contributed by atoms with van der Waals surface area (Å²) < 4.78 is 4.08. The van der Waals surface area contributed by atoms with Crippen LogP contribution in [-0.4, -0.2) is 109 Å². The highest BCUT2D eigenvalue weighted by Crippen LogP contribution is 2.48. The fraction of sp³-hybridized carbons (Fsp3) is 0.878. The second-order valence-corrected chi connectivity index (χ2v) is 21.1. The quantitative estimate of drug-likeness (QED) is 0.119. The molecule has 6 fully saturated rings. The molecule has 0 aromatic carbocycles. The number of amides is 4. The van der Waals surface area contributed by atoms with E-state index in [4.69, 9.17) is 10.6 Å². The van der Waals surface area contributed by atoms with Crippen molar-refractivity contribution in [2.24, 2.45) is 23.5 Å². The number of hydrogen-bond donors (Lipinski definition) is 3. The van der Waals surface area contributed by atoms with E-state index in [0.717, 1.165) is 57.8 Å². The van der Waals surface area contributed by atoms with Crippen molar-refractivity contribution in [3.05, 3.63) is 0 Å². The number of hydroxylamine groups is 2. The lowest BCUT2D eigenvalue weighted by molar-refractivity contribution is -0.296. The van der Waals surface area contributed by atoms with Gasteiger partial charge in [-0.05, 0) is 117 Å². The van der Waals surface area contributed by atoms with Crippen LogP contribution in [0.15, 0.2) is 0 Å². The molecule has 14 nitrogen and oxygen atoms in total. The average molecular weight is 889 g/mol. The number of ether oxygens (including phenoxy) is 1. The summed E-state index contributed by atoms with van der Waals surface area (Å²) in [7, 11) is 1.72. The van der Waals surface area contributed by atoms with Crippen molar-refractivity contribution >= 4 is 35.6 Å². The van der Waals surface area contributed by atoms with Crippen LogP contribution in [0.3, 0.4) is 0 Å². The molecule has 6 rings (SSSR count). The van der Waals surface area contributed by atoms with Crippen LogP contribution in [-0.2, 0) is 38.3 Å². The number of imide groups is 2. The third kappa shape index (κ3) is 11.6. The van der Waals surface area contributed by atoms with Crippen molar-refractivity contribution in [1.29, 1.82) is 0 Å². The maximum Gasteiger partial charge on any atom is 0.314 e. The fourth-order valence-electron chi connectivity index (χ4n) is 11.3. The van der Waals surface area contributed by atoms with E-state index in [1.165, 1.54) is 0 Å². The van der Waals surface area contributed by atoms with Crippen LogP contribution >= 0.6 is 0 Å². The third-order valence-electron chi connectivity index (χ3n) is 17.2. The topological polar surface area (TPSA) is 181 Å². The van der Waals surface area contributed by atoms with Crippen molar-refractivity contribution in [3.63, 3.8) is 0 Å². The number of carbonyl (C=O) groups excluding carboxylic acids is 6. The SMILES string of the molecule is CCC1(C)CC(N)C(C)C(C)(CC)N1.CCC1(C)CC(N2C(=O)CCC2=O)C(C)C(C)(CC)N1.CCC1(C)CC(N2C(=O)CCC2=O)C(C)C(C)(CC)N1OC.O=C1CCC(=O)O1. The van der Waals surface area contributed by atoms with Crippen LogP contribution in [0.4, 0.5) is 0 Å². The number of rotatable bonds is 9. The molecule has 4 N–H and O–H groups in total. The van der Waals surface area contributed by atoms with E-state index in [-0.39, 0.29) is 93.6 Å². The van der Waals surface area contributed by atoms with Crippen molar-refractivity contribution < 1.29 is 38.3 Å². The van der Waals surface area contributed by atoms with E-state index in [1.807, 2.05) is 0 Å². The van der Waals surface area contributed by atoms with Crippen molar-refractivity contribution in [3.8, 4) is 0 Å². The van der Waals surface area contributed by atoms with Gasteiger partial charge in [0.15, 0.2) is 0 Å². The lowest BCUT2D eigenvalue weighted by atomic mass is 9.68. The minimum Gasteiger partial charge on any atom is -0.393 e. The number of nitrogens with two attached hydrogens (primary N) is 1. The Hall–Kier alpha value is -2.78. The molecule has 0 aliphatic carbocycles. The smallest absolute Gasteiger partial charge is 0.314 e. The van der Waals surface area contributed by atoms with Gasteiger partial charge in [0, 0.05) is 77.0 Å². The summed E-state index contributed by atoms with van der Waals surface area (Å²) in [4.78, 5) is 77.6. The largest absolute Gasteiger partial charge is 0.393 e. The molecule has 6 saturated heterocycles. The molecule has 0 aromatic heterocycles. The van der Waals surface area contributed by atoms with E-state index in [2.05, 4.69) is 124 Å². The highest BCUT2D eigenvalue weighted by atomic mass is 16.7. The molecule has 0 bridgehead atoms. The van der Waals surface area contributed by atoms with E-state index >= 15 is 0 Å². The van der Waals surface area contributed by atoms with Gasteiger partial charge in [-0.1, -0.05) is 62.3 Å². The Labute approximate surface area is 380 Å². The van der Waals surface area contributed by atoms with Crippen LogP contribution in [0.25, 0.3) is 0 Å². The van der Waals surface area contributed by atoms with Crippen molar-refractivity contribution in [2.75, 3.05) is 7.11 Å². The Morgan fingerprint density at radius 2 is 0.952 bits per heavy atom.